The normalized spacial score (nSPS) is 14.0. The van der Waals surface area contributed by atoms with Gasteiger partial charge in [-0.05, 0) is 36.4 Å². The minimum atomic E-state index is -0.654. The Kier molecular flexibility index (Phi) is 6.13. The van der Waals surface area contributed by atoms with E-state index in [1.807, 2.05) is 24.3 Å². The molecule has 0 aliphatic carbocycles. The summed E-state index contributed by atoms with van der Waals surface area (Å²) < 4.78 is 10.2. The Morgan fingerprint density at radius 3 is 2.44 bits per heavy atom. The summed E-state index contributed by atoms with van der Waals surface area (Å²) in [6.07, 6.45) is 1.48. The van der Waals surface area contributed by atoms with Gasteiger partial charge in [0.2, 0.25) is 0 Å². The quantitative estimate of drug-likeness (QED) is 0.577. The van der Waals surface area contributed by atoms with Crippen molar-refractivity contribution in [1.82, 2.24) is 9.88 Å². The number of nitrogens with zero attached hydrogens (tertiary/aromatic N) is 3. The van der Waals surface area contributed by atoms with Crippen molar-refractivity contribution in [3.63, 3.8) is 0 Å². The van der Waals surface area contributed by atoms with Crippen LogP contribution in [0.25, 0.3) is 0 Å². The molecule has 1 saturated heterocycles. The van der Waals surface area contributed by atoms with Gasteiger partial charge in [0.25, 0.3) is 5.91 Å². The molecule has 0 bridgehead atoms. The van der Waals surface area contributed by atoms with Gasteiger partial charge < -0.3 is 19.3 Å². The first-order valence-corrected chi connectivity index (χ1v) is 8.90. The highest BCUT2D eigenvalue weighted by molar-refractivity contribution is 6.32. The fourth-order valence-electron chi connectivity index (χ4n) is 2.84. The van der Waals surface area contributed by atoms with Crippen LogP contribution in [-0.2, 0) is 9.53 Å². The zero-order valence-corrected chi connectivity index (χ0v) is 15.7. The summed E-state index contributed by atoms with van der Waals surface area (Å²) in [5.74, 6) is -0.0702. The third kappa shape index (κ3) is 4.68. The van der Waals surface area contributed by atoms with Gasteiger partial charge in [0.15, 0.2) is 6.61 Å². The van der Waals surface area contributed by atoms with E-state index in [1.54, 1.807) is 18.1 Å². The predicted octanol–water partition coefficient (Wildman–Crippen LogP) is 2.25. The van der Waals surface area contributed by atoms with Crippen LogP contribution in [0.2, 0.25) is 5.15 Å². The lowest BCUT2D eigenvalue weighted by Crippen LogP contribution is -2.49. The molecule has 2 aromatic rings. The number of benzene rings is 1. The highest BCUT2D eigenvalue weighted by Crippen LogP contribution is 2.20. The number of carbonyl (C=O) groups excluding carboxylic acids is 2. The van der Waals surface area contributed by atoms with E-state index in [1.165, 1.54) is 12.3 Å². The molecule has 7 nitrogen and oxygen atoms in total. The number of methoxy groups -OCH3 is 1. The van der Waals surface area contributed by atoms with Crippen molar-refractivity contribution in [2.75, 3.05) is 44.8 Å². The van der Waals surface area contributed by atoms with Gasteiger partial charge >= 0.3 is 5.97 Å². The molecule has 1 aliphatic heterocycles. The second-order valence-electron chi connectivity index (χ2n) is 5.98. The van der Waals surface area contributed by atoms with Crippen molar-refractivity contribution in [3.05, 3.63) is 53.3 Å². The van der Waals surface area contributed by atoms with Gasteiger partial charge in [-0.1, -0.05) is 11.6 Å². The molecule has 1 amide bonds. The topological polar surface area (TPSA) is 72.0 Å². The summed E-state index contributed by atoms with van der Waals surface area (Å²) >= 11 is 5.86. The standard InChI is InChI=1S/C19H20ClN3O4/c1-26-15-6-4-14(5-7-15)22-9-11-23(12-10-22)17(24)13-27-19(25)16-3-2-8-21-18(16)20/h2-8H,9-13H2,1H3. The van der Waals surface area contributed by atoms with E-state index in [0.717, 1.165) is 11.4 Å². The number of amides is 1. The minimum Gasteiger partial charge on any atom is -0.497 e. The van der Waals surface area contributed by atoms with Gasteiger partial charge in [0, 0.05) is 38.1 Å². The van der Waals surface area contributed by atoms with Gasteiger partial charge in [-0.2, -0.15) is 0 Å². The molecule has 1 aromatic carbocycles. The number of anilines is 1. The number of aromatic nitrogens is 1. The zero-order valence-electron chi connectivity index (χ0n) is 14.9. The number of carbonyl (C=O) groups is 2. The summed E-state index contributed by atoms with van der Waals surface area (Å²) in [5.41, 5.74) is 1.23. The molecule has 0 unspecified atom stereocenters. The first kappa shape index (κ1) is 19.0. The molecule has 1 fully saturated rings. The van der Waals surface area contributed by atoms with Crippen LogP contribution in [0.1, 0.15) is 10.4 Å². The Bertz CT molecular complexity index is 805. The maximum absolute atomic E-state index is 12.3. The van der Waals surface area contributed by atoms with Crippen molar-refractivity contribution in [3.8, 4) is 5.75 Å². The van der Waals surface area contributed by atoms with Crippen LogP contribution in [0.4, 0.5) is 5.69 Å². The van der Waals surface area contributed by atoms with E-state index in [4.69, 9.17) is 21.1 Å². The highest BCUT2D eigenvalue weighted by Gasteiger charge is 2.23. The summed E-state index contributed by atoms with van der Waals surface area (Å²) in [7, 11) is 1.63. The molecule has 0 N–H and O–H groups in total. The maximum atomic E-state index is 12.3. The monoisotopic (exact) mass is 389 g/mol. The first-order valence-electron chi connectivity index (χ1n) is 8.53. The lowest BCUT2D eigenvalue weighted by molar-refractivity contribution is -0.134. The van der Waals surface area contributed by atoms with Crippen LogP contribution >= 0.6 is 11.6 Å². The first-order chi connectivity index (χ1) is 13.1. The number of hydrogen-bond donors (Lipinski definition) is 0. The SMILES string of the molecule is COc1ccc(N2CCN(C(=O)COC(=O)c3cccnc3Cl)CC2)cc1. The Hall–Kier alpha value is -2.80. The van der Waals surface area contributed by atoms with Gasteiger partial charge in [0.1, 0.15) is 10.9 Å². The number of rotatable bonds is 5. The van der Waals surface area contributed by atoms with E-state index in [2.05, 4.69) is 9.88 Å². The van der Waals surface area contributed by atoms with Crippen LogP contribution in [-0.4, -0.2) is 61.7 Å². The molecule has 0 spiro atoms. The number of pyridine rings is 1. The fourth-order valence-corrected chi connectivity index (χ4v) is 3.04. The number of hydrogen-bond acceptors (Lipinski definition) is 6. The zero-order chi connectivity index (χ0) is 19.2. The largest absolute Gasteiger partial charge is 0.497 e. The van der Waals surface area contributed by atoms with E-state index in [-0.39, 0.29) is 23.2 Å². The fraction of sp³-hybridized carbons (Fsp3) is 0.316. The average Bonchev–Trinajstić information content (AvgIpc) is 2.72. The summed E-state index contributed by atoms with van der Waals surface area (Å²) in [6.45, 7) is 2.24. The molecule has 0 radical (unpaired) electrons. The molecule has 3 rings (SSSR count). The lowest BCUT2D eigenvalue weighted by Gasteiger charge is -2.36. The third-order valence-corrected chi connectivity index (χ3v) is 4.68. The van der Waals surface area contributed by atoms with Crippen molar-refractivity contribution >= 4 is 29.2 Å². The van der Waals surface area contributed by atoms with Crippen molar-refractivity contribution < 1.29 is 19.1 Å². The van der Waals surface area contributed by atoms with E-state index in [9.17, 15) is 9.59 Å². The predicted molar refractivity (Wildman–Crippen MR) is 101 cm³/mol. The van der Waals surface area contributed by atoms with Crippen LogP contribution in [0.15, 0.2) is 42.6 Å². The second kappa shape index (κ2) is 8.73. The average molecular weight is 390 g/mol. The van der Waals surface area contributed by atoms with Gasteiger partial charge in [0.05, 0.1) is 12.7 Å². The molecule has 1 aromatic heterocycles. The number of esters is 1. The van der Waals surface area contributed by atoms with E-state index in [0.29, 0.717) is 26.2 Å². The molecule has 0 atom stereocenters. The van der Waals surface area contributed by atoms with Crippen molar-refractivity contribution in [1.29, 1.82) is 0 Å². The summed E-state index contributed by atoms with van der Waals surface area (Å²) in [5, 5.41) is 0.0584. The molecule has 2 heterocycles. The Morgan fingerprint density at radius 1 is 1.11 bits per heavy atom. The van der Waals surface area contributed by atoms with Crippen molar-refractivity contribution in [2.45, 2.75) is 0 Å². The lowest BCUT2D eigenvalue weighted by atomic mass is 10.2. The van der Waals surface area contributed by atoms with Crippen LogP contribution < -0.4 is 9.64 Å². The molecule has 0 saturated carbocycles. The number of piperazine rings is 1. The molecule has 1 aliphatic rings. The third-order valence-electron chi connectivity index (χ3n) is 4.38. The highest BCUT2D eigenvalue weighted by atomic mass is 35.5. The molecule has 8 heteroatoms. The molecular weight excluding hydrogens is 370 g/mol. The van der Waals surface area contributed by atoms with Gasteiger partial charge in [-0.25, -0.2) is 9.78 Å². The molecular formula is C19H20ClN3O4. The van der Waals surface area contributed by atoms with E-state index < -0.39 is 5.97 Å². The number of ether oxygens (including phenoxy) is 2. The maximum Gasteiger partial charge on any atom is 0.341 e. The van der Waals surface area contributed by atoms with Gasteiger partial charge in [-0.15, -0.1) is 0 Å². The van der Waals surface area contributed by atoms with Crippen LogP contribution in [0, 0.1) is 0 Å². The second-order valence-corrected chi connectivity index (χ2v) is 6.34. The summed E-state index contributed by atoms with van der Waals surface area (Å²) in [6, 6.07) is 10.9. The smallest absolute Gasteiger partial charge is 0.341 e. The molecule has 142 valence electrons. The Labute approximate surface area is 162 Å². The van der Waals surface area contributed by atoms with E-state index >= 15 is 0 Å². The van der Waals surface area contributed by atoms with Crippen LogP contribution in [0.3, 0.4) is 0 Å². The molecule has 27 heavy (non-hydrogen) atoms. The van der Waals surface area contributed by atoms with Gasteiger partial charge in [-0.3, -0.25) is 4.79 Å². The Morgan fingerprint density at radius 2 is 1.81 bits per heavy atom. The van der Waals surface area contributed by atoms with Crippen molar-refractivity contribution in [2.24, 2.45) is 0 Å². The summed E-state index contributed by atoms with van der Waals surface area (Å²) in [4.78, 5) is 32.0. The Balaban J connectivity index is 1.48. The van der Waals surface area contributed by atoms with Crippen LogP contribution in [0.5, 0.6) is 5.75 Å². The minimum absolute atomic E-state index is 0.0584. The number of halogens is 1.